The van der Waals surface area contributed by atoms with Gasteiger partial charge in [0, 0.05) is 5.41 Å². The Hall–Kier alpha value is -1.75. The molecular weight excluding hydrogens is 1120 g/mol. The Morgan fingerprint density at radius 1 is 0.565 bits per heavy atom. The summed E-state index contributed by atoms with van der Waals surface area (Å²) in [5.74, 6) is -0.861. The van der Waals surface area contributed by atoms with E-state index in [0.29, 0.717) is 51.4 Å². The normalized spacial score (nSPS) is 55.3. The number of allylic oxidation sites excluding steroid dienone is 2. The molecule has 0 aromatic heterocycles. The Kier molecular flexibility index (Phi) is 19.0. The van der Waals surface area contributed by atoms with Crippen molar-refractivity contribution in [2.24, 2.45) is 50.2 Å². The molecule has 85 heavy (non-hydrogen) atoms. The van der Waals surface area contributed by atoms with Gasteiger partial charge < -0.3 is 124 Å². The third kappa shape index (κ3) is 11.1. The fourth-order valence-electron chi connectivity index (χ4n) is 17.5. The number of rotatable bonds is 13. The van der Waals surface area contributed by atoms with Crippen LogP contribution in [0, 0.1) is 50.2 Å². The lowest BCUT2D eigenvalue weighted by Crippen LogP contribution is -2.67. The first-order valence-corrected chi connectivity index (χ1v) is 30.6. The Bertz CT molecular complexity index is 2370. The second-order valence-electron chi connectivity index (χ2n) is 28.5. The predicted molar refractivity (Wildman–Crippen MR) is 288 cm³/mol. The molecule has 5 heterocycles. The summed E-state index contributed by atoms with van der Waals surface area (Å²) in [7, 11) is 0. The maximum Gasteiger partial charge on any atom is 0.315 e. The minimum atomic E-state index is -1.90. The molecule has 488 valence electrons. The van der Waals surface area contributed by atoms with E-state index < -0.39 is 189 Å². The number of hydrogen-bond donors (Lipinski definition) is 15. The molecule has 26 heteroatoms. The quantitative estimate of drug-likeness (QED) is 0.0513. The number of carbonyl (C=O) groups is 1. The standard InChI is InChI=1S/C59H96O26/c1-24-34(63)38(67)42(71)49(78-24)83-46-29(20-60)80-48(45(74)41(46)70)77-22-30-37(66)40(69)44(73)51(81-30)85-53(75)59-17-15-54(3,4)19-27(59)26-9-10-32-55(5)13-12-33(56(6,23-61)31(55)11-14-58(32,8)57(26,7)16-18-59)82-52-47(36(65)28(62)21-76-52)84-50-43(72)39(68)35(64)25(2)79-50/h9,24-25,27-52,60-74H,10-23H2,1-8H3/t24-,25-,27?,28-,29+,30+,31?,32?,33?,34-,35-,36-,37+,38+,39+,40-,41+,42+,43+,44+,45+,46+,47+,48+,49-,50-,51?,52-,55?,56-,57+,58?,59?/m0/s1. The van der Waals surface area contributed by atoms with E-state index in [-0.39, 0.29) is 47.2 Å². The Morgan fingerprint density at radius 3 is 1.76 bits per heavy atom. The summed E-state index contributed by atoms with van der Waals surface area (Å²) in [6.45, 7) is 14.3. The SMILES string of the molecule is C[C@@H]1O[C@@H](O[C@H]2[C@H](OC3CCC4(C)C5CC=C6C7CC(C)(C)CCC7(C(=O)OC7O[C@H](CO[C@@H]8O[C@H](CO)[C@@H](O[C@@H]9O[C@@H](C)[C@H](O)[C@@H](O)[C@H]9O)[C@H](O)[C@H]8O)[C@@H](O)[C@H](O)[C@H]7O)CC[C@@]6(C)C5(C)CCC4[C@]3(C)CO)OC[C@H](O)[C@@H]2O)[C@H](O)[C@H](O)[C@H]1O. The maximum atomic E-state index is 15.2. The van der Waals surface area contributed by atoms with Crippen LogP contribution in [0.25, 0.3) is 0 Å². The molecule has 4 saturated carbocycles. The molecule has 10 rings (SSSR count). The van der Waals surface area contributed by atoms with E-state index in [2.05, 4.69) is 40.7 Å². The average molecular weight is 1220 g/mol. The first-order chi connectivity index (χ1) is 39.8. The van der Waals surface area contributed by atoms with Crippen LogP contribution < -0.4 is 0 Å². The lowest BCUT2D eigenvalue weighted by atomic mass is 9.33. The second kappa shape index (κ2) is 24.4. The highest BCUT2D eigenvalue weighted by atomic mass is 16.8. The van der Waals surface area contributed by atoms with Crippen molar-refractivity contribution in [1.29, 1.82) is 0 Å². The smallest absolute Gasteiger partial charge is 0.315 e. The van der Waals surface area contributed by atoms with E-state index in [1.807, 2.05) is 6.92 Å². The van der Waals surface area contributed by atoms with Crippen LogP contribution in [0.15, 0.2) is 11.6 Å². The highest BCUT2D eigenvalue weighted by Crippen LogP contribution is 2.76. The fraction of sp³-hybridized carbons (Fsp3) is 0.949. The van der Waals surface area contributed by atoms with Crippen molar-refractivity contribution >= 4 is 5.97 Å². The van der Waals surface area contributed by atoms with Gasteiger partial charge in [-0.25, -0.2) is 0 Å². The summed E-state index contributed by atoms with van der Waals surface area (Å²) in [4.78, 5) is 15.2. The highest BCUT2D eigenvalue weighted by Gasteiger charge is 2.71. The first-order valence-electron chi connectivity index (χ1n) is 30.6. The van der Waals surface area contributed by atoms with Gasteiger partial charge in [0.15, 0.2) is 25.2 Å². The summed E-state index contributed by atoms with van der Waals surface area (Å²) in [6.07, 6.45) is -29.6. The van der Waals surface area contributed by atoms with E-state index >= 15 is 4.79 Å². The van der Waals surface area contributed by atoms with Crippen molar-refractivity contribution in [3.63, 3.8) is 0 Å². The van der Waals surface area contributed by atoms with Crippen LogP contribution in [0.2, 0.25) is 0 Å². The largest absolute Gasteiger partial charge is 0.432 e. The number of ether oxygens (including phenoxy) is 10. The van der Waals surface area contributed by atoms with Crippen LogP contribution >= 0.6 is 0 Å². The number of carbonyl (C=O) groups excluding carboxylic acids is 1. The second-order valence-corrected chi connectivity index (χ2v) is 28.5. The Morgan fingerprint density at radius 2 is 1.14 bits per heavy atom. The van der Waals surface area contributed by atoms with Crippen molar-refractivity contribution in [3.05, 3.63) is 11.6 Å². The molecule has 9 fully saturated rings. The van der Waals surface area contributed by atoms with Crippen molar-refractivity contribution in [3.8, 4) is 0 Å². The van der Waals surface area contributed by atoms with Crippen LogP contribution in [0.1, 0.15) is 120 Å². The molecule has 0 spiro atoms. The van der Waals surface area contributed by atoms with Gasteiger partial charge in [0.05, 0.1) is 50.2 Å². The molecule has 0 radical (unpaired) electrons. The molecule has 5 aliphatic heterocycles. The van der Waals surface area contributed by atoms with Gasteiger partial charge in [-0.05, 0) is 117 Å². The van der Waals surface area contributed by atoms with Crippen LogP contribution in [-0.4, -0.2) is 263 Å². The minimum Gasteiger partial charge on any atom is -0.432 e. The van der Waals surface area contributed by atoms with Gasteiger partial charge in [-0.15, -0.1) is 0 Å². The number of hydrogen-bond acceptors (Lipinski definition) is 26. The minimum absolute atomic E-state index is 0.0670. The van der Waals surface area contributed by atoms with Gasteiger partial charge in [-0.3, -0.25) is 4.79 Å². The Labute approximate surface area is 494 Å². The number of aliphatic hydroxyl groups is 15. The summed E-state index contributed by atoms with van der Waals surface area (Å²) < 4.78 is 59.4. The summed E-state index contributed by atoms with van der Waals surface area (Å²) in [5.41, 5.74) is -1.93. The van der Waals surface area contributed by atoms with E-state index in [4.69, 9.17) is 47.4 Å². The van der Waals surface area contributed by atoms with Gasteiger partial charge in [0.25, 0.3) is 0 Å². The molecule has 33 atom stereocenters. The van der Waals surface area contributed by atoms with Crippen molar-refractivity contribution in [2.45, 2.75) is 273 Å². The van der Waals surface area contributed by atoms with Crippen molar-refractivity contribution < 1.29 is 129 Å². The van der Waals surface area contributed by atoms with E-state index in [0.717, 1.165) is 12.8 Å². The van der Waals surface area contributed by atoms with E-state index in [9.17, 15) is 76.6 Å². The molecular formula is C59H96O26. The molecule has 26 nitrogen and oxygen atoms in total. The molecule has 0 aromatic rings. The van der Waals surface area contributed by atoms with E-state index in [1.165, 1.54) is 19.4 Å². The maximum absolute atomic E-state index is 15.2. The number of fused-ring (bicyclic) bond motifs is 7. The molecule has 5 saturated heterocycles. The number of esters is 1. The average Bonchev–Trinajstić information content (AvgIpc) is 0.692. The molecule has 0 bridgehead atoms. The van der Waals surface area contributed by atoms with Gasteiger partial charge in [0.2, 0.25) is 6.29 Å². The van der Waals surface area contributed by atoms with Crippen LogP contribution in [0.4, 0.5) is 0 Å². The van der Waals surface area contributed by atoms with Gasteiger partial charge in [0.1, 0.15) is 104 Å². The predicted octanol–water partition coefficient (Wildman–Crippen LogP) is -2.54. The zero-order chi connectivity index (χ0) is 62.0. The summed E-state index contributed by atoms with van der Waals surface area (Å²) in [5, 5.41) is 163. The molecule has 8 unspecified atom stereocenters. The van der Waals surface area contributed by atoms with Crippen LogP contribution in [-0.2, 0) is 52.2 Å². The molecule has 5 aliphatic carbocycles. The zero-order valence-corrected chi connectivity index (χ0v) is 49.8. The summed E-state index contributed by atoms with van der Waals surface area (Å²) >= 11 is 0. The van der Waals surface area contributed by atoms with Crippen LogP contribution in [0.5, 0.6) is 0 Å². The third-order valence-corrected chi connectivity index (χ3v) is 23.2. The fourth-order valence-corrected chi connectivity index (χ4v) is 17.5. The lowest BCUT2D eigenvalue weighted by Gasteiger charge is -2.71. The van der Waals surface area contributed by atoms with Crippen molar-refractivity contribution in [1.82, 2.24) is 0 Å². The van der Waals surface area contributed by atoms with Crippen LogP contribution in [0.3, 0.4) is 0 Å². The van der Waals surface area contributed by atoms with Gasteiger partial charge >= 0.3 is 5.97 Å². The molecule has 0 aromatic carbocycles. The van der Waals surface area contributed by atoms with Crippen molar-refractivity contribution in [2.75, 3.05) is 26.4 Å². The zero-order valence-electron chi connectivity index (χ0n) is 49.8. The first kappa shape index (κ1) is 66.2. The van der Waals surface area contributed by atoms with Gasteiger partial charge in [-0.2, -0.15) is 0 Å². The summed E-state index contributed by atoms with van der Waals surface area (Å²) in [6, 6.07) is 0. The topological polar surface area (TPSA) is 413 Å². The number of aliphatic hydroxyl groups excluding tert-OH is 15. The van der Waals surface area contributed by atoms with E-state index in [1.54, 1.807) is 0 Å². The molecule has 0 amide bonds. The highest BCUT2D eigenvalue weighted by molar-refractivity contribution is 5.79. The lowest BCUT2D eigenvalue weighted by molar-refractivity contribution is -0.365. The Balaban J connectivity index is 0.833. The molecule has 15 N–H and O–H groups in total. The van der Waals surface area contributed by atoms with Gasteiger partial charge in [-0.1, -0.05) is 53.2 Å². The molecule has 10 aliphatic rings. The third-order valence-electron chi connectivity index (χ3n) is 23.2. The monoisotopic (exact) mass is 1220 g/mol.